The molecular weight excluding hydrogens is 464 g/mol. The van der Waals surface area contributed by atoms with Crippen molar-refractivity contribution in [2.75, 3.05) is 13.2 Å². The summed E-state index contributed by atoms with van der Waals surface area (Å²) in [5, 5.41) is 19.1. The number of benzene rings is 1. The smallest absolute Gasteiger partial charge is 0.339 e. The van der Waals surface area contributed by atoms with Gasteiger partial charge in [0.2, 0.25) is 0 Å². The van der Waals surface area contributed by atoms with Gasteiger partial charge in [0.05, 0.1) is 35.5 Å². The molecule has 0 fully saturated rings. The Balaban J connectivity index is 2.81. The van der Waals surface area contributed by atoms with Crippen molar-refractivity contribution >= 4 is 23.9 Å². The first kappa shape index (κ1) is 31.1. The molecule has 0 atom stereocenters. The highest BCUT2D eigenvalue weighted by molar-refractivity contribution is 6.09. The number of ether oxygens (including phenoxy) is 2. The second-order valence-corrected chi connectivity index (χ2v) is 10.0. The molecule has 202 valence electrons. The van der Waals surface area contributed by atoms with Gasteiger partial charge in [0.15, 0.2) is 0 Å². The molecule has 0 aliphatic carbocycles. The van der Waals surface area contributed by atoms with Gasteiger partial charge < -0.3 is 19.7 Å². The lowest BCUT2D eigenvalue weighted by atomic mass is 9.98. The minimum atomic E-state index is -1.49. The third-order valence-electron chi connectivity index (χ3n) is 5.88. The van der Waals surface area contributed by atoms with Crippen molar-refractivity contribution in [3.05, 3.63) is 34.4 Å². The Morgan fingerprint density at radius 2 is 0.917 bits per heavy atom. The molecule has 8 nitrogen and oxygen atoms in total. The minimum Gasteiger partial charge on any atom is -0.478 e. The van der Waals surface area contributed by atoms with Crippen molar-refractivity contribution < 1.29 is 38.9 Å². The predicted molar refractivity (Wildman–Crippen MR) is 137 cm³/mol. The van der Waals surface area contributed by atoms with Gasteiger partial charge in [-0.1, -0.05) is 79.1 Å². The normalized spacial score (nSPS) is 11.1. The largest absolute Gasteiger partial charge is 0.478 e. The van der Waals surface area contributed by atoms with Crippen LogP contribution >= 0.6 is 0 Å². The molecular formula is C28H42O8. The van der Waals surface area contributed by atoms with E-state index in [2.05, 4.69) is 27.7 Å². The zero-order valence-electron chi connectivity index (χ0n) is 22.1. The van der Waals surface area contributed by atoms with Gasteiger partial charge in [-0.2, -0.15) is 0 Å². The molecule has 0 unspecified atom stereocenters. The van der Waals surface area contributed by atoms with Gasteiger partial charge in [-0.3, -0.25) is 0 Å². The molecule has 0 aliphatic heterocycles. The van der Waals surface area contributed by atoms with Gasteiger partial charge in [-0.05, 0) is 36.8 Å². The Morgan fingerprint density at radius 3 is 1.25 bits per heavy atom. The van der Waals surface area contributed by atoms with Gasteiger partial charge >= 0.3 is 23.9 Å². The highest BCUT2D eigenvalue weighted by Gasteiger charge is 2.27. The fraction of sp³-hybridized carbons (Fsp3) is 0.643. The molecule has 36 heavy (non-hydrogen) atoms. The van der Waals surface area contributed by atoms with Crippen LogP contribution in [0.25, 0.3) is 0 Å². The fourth-order valence-electron chi connectivity index (χ4n) is 3.79. The van der Waals surface area contributed by atoms with Gasteiger partial charge in [0.1, 0.15) is 0 Å². The number of carbonyl (C=O) groups excluding carboxylic acids is 2. The van der Waals surface area contributed by atoms with E-state index in [9.17, 15) is 29.4 Å². The number of carboxylic acid groups (broad SMARTS) is 2. The molecule has 0 saturated heterocycles. The van der Waals surface area contributed by atoms with Crippen molar-refractivity contribution in [3.8, 4) is 0 Å². The first-order valence-corrected chi connectivity index (χ1v) is 13.0. The Hall–Kier alpha value is -2.90. The van der Waals surface area contributed by atoms with Crippen LogP contribution in [0, 0.1) is 11.8 Å². The Kier molecular flexibility index (Phi) is 14.5. The number of carboxylic acids is 2. The lowest BCUT2D eigenvalue weighted by Gasteiger charge is -2.12. The van der Waals surface area contributed by atoms with E-state index in [1.165, 1.54) is 0 Å². The fourth-order valence-corrected chi connectivity index (χ4v) is 3.79. The molecule has 1 rings (SSSR count). The van der Waals surface area contributed by atoms with Gasteiger partial charge in [0, 0.05) is 0 Å². The van der Waals surface area contributed by atoms with Crippen LogP contribution in [0.4, 0.5) is 0 Å². The molecule has 0 heterocycles. The quantitative estimate of drug-likeness (QED) is 0.168. The predicted octanol–water partition coefficient (Wildman–Crippen LogP) is 6.61. The number of carbonyl (C=O) groups is 4. The van der Waals surface area contributed by atoms with Crippen LogP contribution in [0.5, 0.6) is 0 Å². The summed E-state index contributed by atoms with van der Waals surface area (Å²) in [4.78, 5) is 48.7. The SMILES string of the molecule is CC(C)CCCCCCOC(=O)c1cc(C(=O)OCCCCCCC(C)C)c(C(=O)O)cc1C(=O)O. The van der Waals surface area contributed by atoms with Crippen molar-refractivity contribution in [3.63, 3.8) is 0 Å². The monoisotopic (exact) mass is 506 g/mol. The average Bonchev–Trinajstić information content (AvgIpc) is 2.81. The summed E-state index contributed by atoms with van der Waals surface area (Å²) in [7, 11) is 0. The molecule has 2 N–H and O–H groups in total. The van der Waals surface area contributed by atoms with Crippen LogP contribution in [0.15, 0.2) is 12.1 Å². The van der Waals surface area contributed by atoms with E-state index < -0.39 is 35.0 Å². The third kappa shape index (κ3) is 11.7. The van der Waals surface area contributed by atoms with E-state index in [4.69, 9.17) is 9.47 Å². The maximum Gasteiger partial charge on any atom is 0.339 e. The van der Waals surface area contributed by atoms with Crippen LogP contribution in [0.2, 0.25) is 0 Å². The summed E-state index contributed by atoms with van der Waals surface area (Å²) in [5.41, 5.74) is -1.80. The zero-order valence-corrected chi connectivity index (χ0v) is 22.1. The van der Waals surface area contributed by atoms with E-state index in [-0.39, 0.29) is 24.3 Å². The molecule has 0 amide bonds. The lowest BCUT2D eigenvalue weighted by molar-refractivity contribution is 0.0479. The van der Waals surface area contributed by atoms with Crippen molar-refractivity contribution in [1.82, 2.24) is 0 Å². The van der Waals surface area contributed by atoms with Crippen LogP contribution in [0.3, 0.4) is 0 Å². The van der Waals surface area contributed by atoms with E-state index >= 15 is 0 Å². The first-order chi connectivity index (χ1) is 17.0. The second kappa shape index (κ2) is 16.7. The zero-order chi connectivity index (χ0) is 27.1. The topological polar surface area (TPSA) is 127 Å². The van der Waals surface area contributed by atoms with Crippen molar-refractivity contribution in [2.45, 2.75) is 91.9 Å². The Labute approximate surface area is 214 Å². The molecule has 0 aliphatic rings. The number of rotatable bonds is 18. The lowest BCUT2D eigenvalue weighted by Crippen LogP contribution is -2.19. The van der Waals surface area contributed by atoms with E-state index in [1.54, 1.807) is 0 Å². The van der Waals surface area contributed by atoms with Crippen LogP contribution in [0.1, 0.15) is 133 Å². The summed E-state index contributed by atoms with van der Waals surface area (Å²) in [6.45, 7) is 8.87. The summed E-state index contributed by atoms with van der Waals surface area (Å²) in [5.74, 6) is -3.52. The molecule has 0 spiro atoms. The number of hydrogen-bond donors (Lipinski definition) is 2. The van der Waals surface area contributed by atoms with Gasteiger partial charge in [0.25, 0.3) is 0 Å². The number of hydrogen-bond acceptors (Lipinski definition) is 6. The van der Waals surface area contributed by atoms with E-state index in [0.717, 1.165) is 63.5 Å². The first-order valence-electron chi connectivity index (χ1n) is 13.0. The van der Waals surface area contributed by atoms with E-state index in [1.807, 2.05) is 0 Å². The molecule has 0 bridgehead atoms. The number of unbranched alkanes of at least 4 members (excludes halogenated alkanes) is 6. The maximum absolute atomic E-state index is 12.6. The number of esters is 2. The Bertz CT molecular complexity index is 805. The summed E-state index contributed by atoms with van der Waals surface area (Å²) < 4.78 is 10.5. The minimum absolute atomic E-state index is 0.108. The summed E-state index contributed by atoms with van der Waals surface area (Å²) in [6, 6.07) is 1.78. The molecule has 1 aromatic carbocycles. The summed E-state index contributed by atoms with van der Waals surface area (Å²) in [6.07, 6.45) is 9.48. The van der Waals surface area contributed by atoms with E-state index in [0.29, 0.717) is 24.7 Å². The van der Waals surface area contributed by atoms with Gasteiger partial charge in [-0.15, -0.1) is 0 Å². The van der Waals surface area contributed by atoms with Crippen LogP contribution in [-0.4, -0.2) is 47.3 Å². The average molecular weight is 507 g/mol. The molecule has 0 radical (unpaired) electrons. The summed E-state index contributed by atoms with van der Waals surface area (Å²) >= 11 is 0. The molecule has 8 heteroatoms. The van der Waals surface area contributed by atoms with Crippen LogP contribution < -0.4 is 0 Å². The van der Waals surface area contributed by atoms with Crippen molar-refractivity contribution in [2.24, 2.45) is 11.8 Å². The molecule has 0 saturated carbocycles. The van der Waals surface area contributed by atoms with Gasteiger partial charge in [-0.25, -0.2) is 19.2 Å². The van der Waals surface area contributed by atoms with Crippen LogP contribution in [-0.2, 0) is 9.47 Å². The molecule has 1 aromatic rings. The Morgan fingerprint density at radius 1 is 0.583 bits per heavy atom. The maximum atomic E-state index is 12.6. The second-order valence-electron chi connectivity index (χ2n) is 10.0. The third-order valence-corrected chi connectivity index (χ3v) is 5.88. The van der Waals surface area contributed by atoms with Crippen molar-refractivity contribution in [1.29, 1.82) is 0 Å². The highest BCUT2D eigenvalue weighted by Crippen LogP contribution is 2.21. The highest BCUT2D eigenvalue weighted by atomic mass is 16.5. The standard InChI is InChI=1S/C28H42O8/c1-19(2)13-9-5-7-11-15-35-27(33)23-18-24(22(26(31)32)17-21(23)25(29)30)28(34)36-16-12-8-6-10-14-20(3)4/h17-20H,5-16H2,1-4H3,(H,29,30)(H,31,32). The molecule has 0 aromatic heterocycles. The number of aromatic carboxylic acids is 2.